The number of anilines is 1. The van der Waals surface area contributed by atoms with Gasteiger partial charge in [0.1, 0.15) is 28.9 Å². The van der Waals surface area contributed by atoms with Crippen LogP contribution >= 0.6 is 15.9 Å². The van der Waals surface area contributed by atoms with E-state index in [0.717, 1.165) is 6.20 Å². The predicted octanol–water partition coefficient (Wildman–Crippen LogP) is 4.25. The summed E-state index contributed by atoms with van der Waals surface area (Å²) in [5, 5.41) is 10.1. The molecule has 2 N–H and O–H groups in total. The number of carbonyl (C=O) groups is 2. The lowest BCUT2D eigenvalue weighted by molar-refractivity contribution is 0.0351. The molecule has 1 aliphatic rings. The minimum absolute atomic E-state index is 0.0713. The molecule has 1 amide bonds. The van der Waals surface area contributed by atoms with E-state index in [9.17, 15) is 14.0 Å². The van der Waals surface area contributed by atoms with Crippen LogP contribution in [0.1, 0.15) is 56.5 Å². The fourth-order valence-electron chi connectivity index (χ4n) is 3.66. The van der Waals surface area contributed by atoms with E-state index in [4.69, 9.17) is 14.2 Å². The topological polar surface area (TPSA) is 129 Å². The molecule has 1 aliphatic carbocycles. The number of ether oxygens (including phenoxy) is 3. The van der Waals surface area contributed by atoms with Crippen molar-refractivity contribution in [3.05, 3.63) is 46.1 Å². The third kappa shape index (κ3) is 6.64. The molecule has 0 aliphatic heterocycles. The number of aromatic nitrogens is 4. The van der Waals surface area contributed by atoms with E-state index in [1.165, 1.54) is 16.8 Å². The van der Waals surface area contributed by atoms with Gasteiger partial charge in [-0.15, -0.1) is 0 Å². The van der Waals surface area contributed by atoms with E-state index >= 15 is 0 Å². The van der Waals surface area contributed by atoms with Gasteiger partial charge >= 0.3 is 12.1 Å². The van der Waals surface area contributed by atoms with Crippen molar-refractivity contribution in [1.29, 1.82) is 0 Å². The molecule has 3 heterocycles. The van der Waals surface area contributed by atoms with Crippen molar-refractivity contribution in [2.45, 2.75) is 64.8 Å². The average molecular weight is 579 g/mol. The highest BCUT2D eigenvalue weighted by Gasteiger charge is 2.34. The monoisotopic (exact) mass is 578 g/mol. The highest BCUT2D eigenvalue weighted by molar-refractivity contribution is 9.10. The fraction of sp³-hybridized carbons (Fsp3) is 0.458. The van der Waals surface area contributed by atoms with E-state index in [1.54, 1.807) is 33.9 Å². The number of amides is 1. The summed E-state index contributed by atoms with van der Waals surface area (Å²) in [6.07, 6.45) is 4.63. The first-order chi connectivity index (χ1) is 17.5. The summed E-state index contributed by atoms with van der Waals surface area (Å²) in [7, 11) is 0. The molecular formula is C24H28BrFN6O5. The largest absolute Gasteiger partial charge is 0.474 e. The lowest BCUT2D eigenvalue weighted by Gasteiger charge is -2.36. The van der Waals surface area contributed by atoms with Crippen LogP contribution in [0, 0.1) is 5.82 Å². The van der Waals surface area contributed by atoms with E-state index in [-0.39, 0.29) is 36.7 Å². The smallest absolute Gasteiger partial charge is 0.407 e. The Morgan fingerprint density at radius 2 is 2.03 bits per heavy atom. The van der Waals surface area contributed by atoms with Crippen molar-refractivity contribution in [3.8, 4) is 5.88 Å². The van der Waals surface area contributed by atoms with Gasteiger partial charge in [-0.2, -0.15) is 5.10 Å². The Balaban J connectivity index is 1.41. The maximum absolute atomic E-state index is 14.0. The molecule has 0 unspecified atom stereocenters. The van der Waals surface area contributed by atoms with Gasteiger partial charge in [-0.05, 0) is 49.7 Å². The van der Waals surface area contributed by atoms with E-state index < -0.39 is 23.5 Å². The van der Waals surface area contributed by atoms with Gasteiger partial charge in [0.25, 0.3) is 0 Å². The lowest BCUT2D eigenvalue weighted by atomic mass is 9.89. The second-order valence-electron chi connectivity index (χ2n) is 9.51. The summed E-state index contributed by atoms with van der Waals surface area (Å²) < 4.78 is 32.4. The van der Waals surface area contributed by atoms with Crippen molar-refractivity contribution in [1.82, 2.24) is 24.9 Å². The number of carbonyl (C=O) groups excluding carboxylic acids is 2. The van der Waals surface area contributed by atoms with Crippen LogP contribution in [-0.2, 0) is 16.0 Å². The summed E-state index contributed by atoms with van der Waals surface area (Å²) >= 11 is 3.44. The van der Waals surface area contributed by atoms with Crippen LogP contribution in [0.3, 0.4) is 0 Å². The molecule has 4 rings (SSSR count). The van der Waals surface area contributed by atoms with Gasteiger partial charge in [-0.25, -0.2) is 28.5 Å². The number of esters is 1. The lowest BCUT2D eigenvalue weighted by Crippen LogP contribution is -2.50. The zero-order chi connectivity index (χ0) is 26.7. The van der Waals surface area contributed by atoms with Crippen molar-refractivity contribution in [2.75, 3.05) is 11.9 Å². The molecule has 1 fully saturated rings. The van der Waals surface area contributed by atoms with Crippen molar-refractivity contribution in [3.63, 3.8) is 0 Å². The third-order valence-corrected chi connectivity index (χ3v) is 5.96. The van der Waals surface area contributed by atoms with Gasteiger partial charge in [-0.3, -0.25) is 0 Å². The van der Waals surface area contributed by atoms with Crippen LogP contribution in [0.4, 0.5) is 15.0 Å². The first kappa shape index (κ1) is 26.6. The SMILES string of the molecule is CCOC(=O)c1cnn2cc(Br)c(NCc3cc(F)cnc3OC3CC(NC(=O)OC(C)(C)C)C3)nc12. The summed E-state index contributed by atoms with van der Waals surface area (Å²) in [5.74, 6) is -0.337. The van der Waals surface area contributed by atoms with Gasteiger partial charge in [0.15, 0.2) is 5.65 Å². The van der Waals surface area contributed by atoms with Crippen molar-refractivity contribution in [2.24, 2.45) is 0 Å². The molecule has 0 spiro atoms. The van der Waals surface area contributed by atoms with Crippen LogP contribution in [-0.4, -0.2) is 56.0 Å². The second-order valence-corrected chi connectivity index (χ2v) is 10.4. The maximum atomic E-state index is 14.0. The van der Waals surface area contributed by atoms with Gasteiger partial charge in [0.2, 0.25) is 5.88 Å². The molecule has 198 valence electrons. The minimum Gasteiger partial charge on any atom is -0.474 e. The maximum Gasteiger partial charge on any atom is 0.407 e. The standard InChI is InChI=1S/C24H28BrFN6O5/c1-5-35-22(33)17-11-29-32-12-18(25)19(31-20(17)32)27-9-13-6-14(26)10-28-21(13)36-16-7-15(8-16)30-23(34)37-24(2,3)4/h6,10-12,15-16H,5,7-9H2,1-4H3,(H,27,31)(H,30,34). The molecule has 0 bridgehead atoms. The molecule has 3 aromatic heterocycles. The fourth-order valence-corrected chi connectivity index (χ4v) is 4.08. The molecule has 0 atom stereocenters. The number of hydrogen-bond acceptors (Lipinski definition) is 9. The predicted molar refractivity (Wildman–Crippen MR) is 135 cm³/mol. The van der Waals surface area contributed by atoms with Gasteiger partial charge < -0.3 is 24.8 Å². The summed E-state index contributed by atoms with van der Waals surface area (Å²) in [4.78, 5) is 32.8. The number of halogens is 2. The molecule has 0 aromatic carbocycles. The van der Waals surface area contributed by atoms with Crippen LogP contribution in [0.15, 0.2) is 29.1 Å². The van der Waals surface area contributed by atoms with Crippen LogP contribution in [0.25, 0.3) is 5.65 Å². The Morgan fingerprint density at radius 1 is 1.27 bits per heavy atom. The molecular weight excluding hydrogens is 551 g/mol. The number of nitrogens with one attached hydrogen (secondary N) is 2. The van der Waals surface area contributed by atoms with Crippen molar-refractivity contribution < 1.29 is 28.2 Å². The van der Waals surface area contributed by atoms with E-state index in [0.29, 0.717) is 34.3 Å². The third-order valence-electron chi connectivity index (χ3n) is 5.38. The molecule has 3 aromatic rings. The summed E-state index contributed by atoms with van der Waals surface area (Å²) in [6.45, 7) is 7.50. The zero-order valence-electron chi connectivity index (χ0n) is 20.9. The normalized spacial score (nSPS) is 17.1. The first-order valence-electron chi connectivity index (χ1n) is 11.8. The van der Waals surface area contributed by atoms with Crippen LogP contribution in [0.5, 0.6) is 5.88 Å². The van der Waals surface area contributed by atoms with Gasteiger partial charge in [-0.1, -0.05) is 0 Å². The molecule has 37 heavy (non-hydrogen) atoms. The Bertz CT molecular complexity index is 1300. The zero-order valence-corrected chi connectivity index (χ0v) is 22.5. The second kappa shape index (κ2) is 10.9. The number of nitrogens with zero attached hydrogens (tertiary/aromatic N) is 4. The van der Waals surface area contributed by atoms with Crippen LogP contribution in [0.2, 0.25) is 0 Å². The number of pyridine rings is 1. The molecule has 0 radical (unpaired) electrons. The Morgan fingerprint density at radius 3 is 2.73 bits per heavy atom. The Hall–Kier alpha value is -3.48. The van der Waals surface area contributed by atoms with Gasteiger partial charge in [0, 0.05) is 37.2 Å². The van der Waals surface area contributed by atoms with E-state index in [2.05, 4.69) is 41.6 Å². The average Bonchev–Trinajstić information content (AvgIpc) is 3.18. The number of fused-ring (bicyclic) bond motifs is 1. The summed E-state index contributed by atoms with van der Waals surface area (Å²) in [5.41, 5.74) is 0.455. The number of rotatable bonds is 8. The van der Waals surface area contributed by atoms with Gasteiger partial charge in [0.05, 0.1) is 23.5 Å². The Kier molecular flexibility index (Phi) is 7.81. The minimum atomic E-state index is -0.573. The first-order valence-corrected chi connectivity index (χ1v) is 12.6. The highest BCUT2D eigenvalue weighted by atomic mass is 79.9. The number of hydrogen-bond donors (Lipinski definition) is 2. The molecule has 1 saturated carbocycles. The quantitative estimate of drug-likeness (QED) is 0.377. The molecule has 13 heteroatoms. The van der Waals surface area contributed by atoms with E-state index in [1.807, 2.05) is 0 Å². The van der Waals surface area contributed by atoms with Crippen LogP contribution < -0.4 is 15.4 Å². The number of alkyl carbamates (subject to hydrolysis) is 1. The highest BCUT2D eigenvalue weighted by Crippen LogP contribution is 2.29. The molecule has 11 nitrogen and oxygen atoms in total. The van der Waals surface area contributed by atoms with Crippen molar-refractivity contribution >= 4 is 39.5 Å². The molecule has 0 saturated heterocycles. The Labute approximate surface area is 221 Å². The summed E-state index contributed by atoms with van der Waals surface area (Å²) in [6, 6.07) is 1.26.